The van der Waals surface area contributed by atoms with E-state index < -0.39 is 0 Å². The largest absolute Gasteiger partial charge is 0.490 e. The number of carbonyl (C=O) groups is 1. The van der Waals surface area contributed by atoms with E-state index in [2.05, 4.69) is 6.92 Å². The first-order chi connectivity index (χ1) is 16.2. The first-order valence-corrected chi connectivity index (χ1v) is 13.7. The van der Waals surface area contributed by atoms with Crippen LogP contribution < -0.4 is 9.47 Å². The average molecular weight is 453 g/mol. The van der Waals surface area contributed by atoms with Gasteiger partial charge in [-0.05, 0) is 119 Å². The molecule has 0 aromatic heterocycles. The lowest BCUT2D eigenvalue weighted by Gasteiger charge is -2.45. The van der Waals surface area contributed by atoms with E-state index in [0.717, 1.165) is 48.2 Å². The molecule has 3 aliphatic rings. The van der Waals surface area contributed by atoms with Crippen LogP contribution in [0, 0.1) is 35.5 Å². The normalized spacial score (nSPS) is 32.3. The molecule has 0 N–H and O–H groups in total. The van der Waals surface area contributed by atoms with Gasteiger partial charge in [0.05, 0.1) is 5.92 Å². The summed E-state index contributed by atoms with van der Waals surface area (Å²) >= 11 is 0. The van der Waals surface area contributed by atoms with Crippen LogP contribution in [0.3, 0.4) is 0 Å². The SMILES string of the molecule is C/C=C/COc1ccc(OC(=O)C2CCC(C3CCC4CC(CCC)CCC4C3)CC2)cc1. The maximum absolute atomic E-state index is 12.8. The summed E-state index contributed by atoms with van der Waals surface area (Å²) in [5, 5.41) is 0. The number of esters is 1. The Bertz CT molecular complexity index is 759. The van der Waals surface area contributed by atoms with Gasteiger partial charge in [0.2, 0.25) is 0 Å². The topological polar surface area (TPSA) is 35.5 Å². The van der Waals surface area contributed by atoms with Crippen molar-refractivity contribution in [3.63, 3.8) is 0 Å². The molecule has 1 aromatic rings. The fraction of sp³-hybridized carbons (Fsp3) is 0.700. The monoisotopic (exact) mass is 452 g/mol. The summed E-state index contributed by atoms with van der Waals surface area (Å²) in [6.45, 7) is 4.87. The third kappa shape index (κ3) is 6.64. The van der Waals surface area contributed by atoms with Crippen molar-refractivity contribution >= 4 is 5.97 Å². The Morgan fingerprint density at radius 1 is 0.848 bits per heavy atom. The highest BCUT2D eigenvalue weighted by atomic mass is 16.5. The fourth-order valence-corrected chi connectivity index (χ4v) is 6.99. The van der Waals surface area contributed by atoms with Gasteiger partial charge in [-0.15, -0.1) is 0 Å². The fourth-order valence-electron chi connectivity index (χ4n) is 6.99. The molecule has 3 fully saturated rings. The van der Waals surface area contributed by atoms with Crippen LogP contribution in [-0.2, 0) is 4.79 Å². The van der Waals surface area contributed by atoms with Crippen molar-refractivity contribution in [1.29, 1.82) is 0 Å². The van der Waals surface area contributed by atoms with Crippen molar-refractivity contribution in [2.45, 2.75) is 90.9 Å². The molecule has 3 nitrogen and oxygen atoms in total. The molecule has 1 aromatic carbocycles. The maximum Gasteiger partial charge on any atom is 0.314 e. The van der Waals surface area contributed by atoms with Crippen LogP contribution in [0.25, 0.3) is 0 Å². The molecule has 0 radical (unpaired) electrons. The van der Waals surface area contributed by atoms with Crippen molar-refractivity contribution in [2.24, 2.45) is 35.5 Å². The highest BCUT2D eigenvalue weighted by Gasteiger charge is 2.39. The van der Waals surface area contributed by atoms with Gasteiger partial charge in [-0.3, -0.25) is 4.79 Å². The van der Waals surface area contributed by atoms with E-state index in [4.69, 9.17) is 9.47 Å². The smallest absolute Gasteiger partial charge is 0.314 e. The molecule has 4 unspecified atom stereocenters. The predicted octanol–water partition coefficient (Wildman–Crippen LogP) is 7.99. The lowest BCUT2D eigenvalue weighted by atomic mass is 9.60. The standard InChI is InChI=1S/C30H44O3/c1-3-5-19-32-28-15-17-29(18-16-28)33-30(31)24-11-9-23(10-12-24)26-14-13-25-20-22(6-4-2)7-8-27(25)21-26/h3,5,15-18,22-27H,4,6-14,19-21H2,1-2H3/b5-3+. The van der Waals surface area contributed by atoms with Crippen LogP contribution in [0.4, 0.5) is 0 Å². The highest BCUT2D eigenvalue weighted by molar-refractivity contribution is 5.75. The maximum atomic E-state index is 12.8. The summed E-state index contributed by atoms with van der Waals surface area (Å²) < 4.78 is 11.3. The van der Waals surface area contributed by atoms with Crippen LogP contribution in [0.2, 0.25) is 0 Å². The quantitative estimate of drug-likeness (QED) is 0.228. The average Bonchev–Trinajstić information content (AvgIpc) is 2.85. The Morgan fingerprint density at radius 2 is 1.45 bits per heavy atom. The summed E-state index contributed by atoms with van der Waals surface area (Å²) in [6.07, 6.45) is 20.0. The molecule has 0 bridgehead atoms. The van der Waals surface area contributed by atoms with Crippen molar-refractivity contribution < 1.29 is 14.3 Å². The van der Waals surface area contributed by atoms with Gasteiger partial charge in [0.1, 0.15) is 18.1 Å². The molecule has 0 spiro atoms. The first-order valence-electron chi connectivity index (χ1n) is 13.7. The number of allylic oxidation sites excluding steroid dienone is 1. The Balaban J connectivity index is 1.19. The Morgan fingerprint density at radius 3 is 2.15 bits per heavy atom. The predicted molar refractivity (Wildman–Crippen MR) is 134 cm³/mol. The van der Waals surface area contributed by atoms with Crippen LogP contribution in [-0.4, -0.2) is 12.6 Å². The Hall–Kier alpha value is -1.77. The number of fused-ring (bicyclic) bond motifs is 1. The molecule has 0 heterocycles. The third-order valence-corrected chi connectivity index (χ3v) is 8.86. The molecule has 4 rings (SSSR count). The number of rotatable bonds is 8. The van der Waals surface area contributed by atoms with E-state index in [0.29, 0.717) is 12.4 Å². The zero-order valence-electron chi connectivity index (χ0n) is 20.8. The second kappa shape index (κ2) is 12.1. The minimum Gasteiger partial charge on any atom is -0.490 e. The van der Waals surface area contributed by atoms with Crippen molar-refractivity contribution in [2.75, 3.05) is 6.61 Å². The first kappa shape index (κ1) is 24.4. The van der Waals surface area contributed by atoms with E-state index in [-0.39, 0.29) is 11.9 Å². The molecule has 0 amide bonds. The summed E-state index contributed by atoms with van der Waals surface area (Å²) in [5.74, 6) is 6.18. The van der Waals surface area contributed by atoms with Crippen LogP contribution >= 0.6 is 0 Å². The molecule has 0 aliphatic heterocycles. The van der Waals surface area contributed by atoms with E-state index in [9.17, 15) is 4.79 Å². The van der Waals surface area contributed by atoms with Gasteiger partial charge in [0.25, 0.3) is 0 Å². The van der Waals surface area contributed by atoms with E-state index >= 15 is 0 Å². The van der Waals surface area contributed by atoms with E-state index in [1.165, 1.54) is 64.2 Å². The number of hydrogen-bond donors (Lipinski definition) is 0. The molecule has 3 saturated carbocycles. The zero-order valence-corrected chi connectivity index (χ0v) is 20.8. The molecule has 0 saturated heterocycles. The van der Waals surface area contributed by atoms with E-state index in [1.54, 1.807) is 0 Å². The Kier molecular flexibility index (Phi) is 8.92. The molecule has 3 heteroatoms. The van der Waals surface area contributed by atoms with Gasteiger partial charge >= 0.3 is 5.97 Å². The Labute approximate surface area is 201 Å². The van der Waals surface area contributed by atoms with Crippen LogP contribution in [0.15, 0.2) is 36.4 Å². The summed E-state index contributed by atoms with van der Waals surface area (Å²) in [6, 6.07) is 7.41. The van der Waals surface area contributed by atoms with Crippen LogP contribution in [0.5, 0.6) is 11.5 Å². The molecule has 4 atom stereocenters. The van der Waals surface area contributed by atoms with Gasteiger partial charge in [0.15, 0.2) is 0 Å². The second-order valence-corrected chi connectivity index (χ2v) is 10.9. The van der Waals surface area contributed by atoms with Gasteiger partial charge < -0.3 is 9.47 Å². The van der Waals surface area contributed by atoms with Crippen molar-refractivity contribution in [3.05, 3.63) is 36.4 Å². The zero-order chi connectivity index (χ0) is 23.0. The van der Waals surface area contributed by atoms with Gasteiger partial charge in [0, 0.05) is 0 Å². The minimum absolute atomic E-state index is 0.0472. The lowest BCUT2D eigenvalue weighted by Crippen LogP contribution is -2.35. The molecule has 3 aliphatic carbocycles. The van der Waals surface area contributed by atoms with Crippen molar-refractivity contribution in [3.8, 4) is 11.5 Å². The minimum atomic E-state index is -0.0472. The van der Waals surface area contributed by atoms with Crippen LogP contribution in [0.1, 0.15) is 90.9 Å². The molecular formula is C30H44O3. The summed E-state index contributed by atoms with van der Waals surface area (Å²) in [7, 11) is 0. The highest BCUT2D eigenvalue weighted by Crippen LogP contribution is 2.49. The molecular weight excluding hydrogens is 408 g/mol. The summed E-state index contributed by atoms with van der Waals surface area (Å²) in [5.41, 5.74) is 0. The number of ether oxygens (including phenoxy) is 2. The van der Waals surface area contributed by atoms with Gasteiger partial charge in [-0.25, -0.2) is 0 Å². The van der Waals surface area contributed by atoms with Gasteiger partial charge in [-0.2, -0.15) is 0 Å². The number of hydrogen-bond acceptors (Lipinski definition) is 3. The molecule has 33 heavy (non-hydrogen) atoms. The number of carbonyl (C=O) groups excluding carboxylic acids is 1. The third-order valence-electron chi connectivity index (χ3n) is 8.86. The van der Waals surface area contributed by atoms with E-state index in [1.807, 2.05) is 43.3 Å². The van der Waals surface area contributed by atoms with Crippen molar-refractivity contribution in [1.82, 2.24) is 0 Å². The van der Waals surface area contributed by atoms with Gasteiger partial charge in [-0.1, -0.05) is 38.3 Å². The lowest BCUT2D eigenvalue weighted by molar-refractivity contribution is -0.140. The number of benzene rings is 1. The summed E-state index contributed by atoms with van der Waals surface area (Å²) in [4.78, 5) is 12.8. The molecule has 182 valence electrons. The second-order valence-electron chi connectivity index (χ2n) is 10.9.